The number of amides is 3. The molecule has 0 bridgehead atoms. The second kappa shape index (κ2) is 16.0. The molecule has 0 fully saturated rings. The maximum absolute atomic E-state index is 12.7. The maximum atomic E-state index is 12.7. The van der Waals surface area contributed by atoms with Gasteiger partial charge in [0.1, 0.15) is 12.1 Å². The van der Waals surface area contributed by atoms with Crippen molar-refractivity contribution in [2.75, 3.05) is 19.6 Å². The van der Waals surface area contributed by atoms with Crippen LogP contribution in [0.2, 0.25) is 0 Å². The van der Waals surface area contributed by atoms with Gasteiger partial charge in [0.25, 0.3) is 0 Å². The highest BCUT2D eigenvalue weighted by Crippen LogP contribution is 2.05. The molecule has 0 radical (unpaired) electrons. The molecule has 12 heteroatoms. The number of carboxylic acids is 1. The average molecular weight is 478 g/mol. The summed E-state index contributed by atoms with van der Waals surface area (Å²) in [4.78, 5) is 52.5. The summed E-state index contributed by atoms with van der Waals surface area (Å²) >= 11 is 0. The van der Waals surface area contributed by atoms with Crippen molar-refractivity contribution in [2.45, 2.75) is 50.6 Å². The molecule has 188 valence electrons. The van der Waals surface area contributed by atoms with Crippen molar-refractivity contribution in [1.82, 2.24) is 16.0 Å². The Morgan fingerprint density at radius 2 is 1.59 bits per heavy atom. The number of nitrogens with zero attached hydrogens (tertiary/aromatic N) is 1. The Labute approximate surface area is 198 Å². The van der Waals surface area contributed by atoms with Gasteiger partial charge in [-0.25, -0.2) is 4.79 Å². The van der Waals surface area contributed by atoms with E-state index in [4.69, 9.17) is 17.2 Å². The number of nitrogens with one attached hydrogen (secondary N) is 3. The zero-order valence-electron chi connectivity index (χ0n) is 19.2. The lowest BCUT2D eigenvalue weighted by atomic mass is 10.1. The molecule has 10 N–H and O–H groups in total. The standard InChI is InChI=1S/C22H35N7O5/c23-11-5-4-9-16(20(32)29-17(21(33)34)10-6-12-26-22(24)25)28-19(31)14-27-18(30)13-15-7-2-1-3-8-15/h1-3,7-8,16-17H,4-6,9-14,23H2,(H,27,30)(H,28,31)(H,29,32)(H,33,34)(H4,24,25,26)/t16-,17-/m0/s1. The molecule has 0 aliphatic heterocycles. The van der Waals surface area contributed by atoms with Crippen LogP contribution in [0.1, 0.15) is 37.7 Å². The second-order valence-corrected chi connectivity index (χ2v) is 7.69. The number of unbranched alkanes of at least 4 members (excludes halogenated alkanes) is 1. The predicted molar refractivity (Wildman–Crippen MR) is 127 cm³/mol. The summed E-state index contributed by atoms with van der Waals surface area (Å²) in [5.74, 6) is -2.84. The maximum Gasteiger partial charge on any atom is 0.326 e. The van der Waals surface area contributed by atoms with Crippen molar-refractivity contribution < 1.29 is 24.3 Å². The highest BCUT2D eigenvalue weighted by molar-refractivity contribution is 5.92. The number of benzene rings is 1. The van der Waals surface area contributed by atoms with Crippen LogP contribution in [0.5, 0.6) is 0 Å². The summed E-state index contributed by atoms with van der Waals surface area (Å²) in [6.45, 7) is 0.328. The number of aliphatic carboxylic acids is 1. The summed E-state index contributed by atoms with van der Waals surface area (Å²) in [6.07, 6.45) is 2.03. The van der Waals surface area contributed by atoms with Crippen molar-refractivity contribution in [3.05, 3.63) is 35.9 Å². The van der Waals surface area contributed by atoms with Gasteiger partial charge in [-0.05, 0) is 44.2 Å². The molecule has 0 aliphatic rings. The fourth-order valence-electron chi connectivity index (χ4n) is 3.06. The predicted octanol–water partition coefficient (Wildman–Crippen LogP) is -1.42. The Hall–Kier alpha value is -3.67. The summed E-state index contributed by atoms with van der Waals surface area (Å²) in [6, 6.07) is 6.92. The fourth-order valence-corrected chi connectivity index (χ4v) is 3.06. The van der Waals surface area contributed by atoms with Crippen molar-refractivity contribution in [1.29, 1.82) is 0 Å². The van der Waals surface area contributed by atoms with Crippen LogP contribution in [0, 0.1) is 0 Å². The smallest absolute Gasteiger partial charge is 0.326 e. The topological polar surface area (TPSA) is 215 Å². The first-order chi connectivity index (χ1) is 16.2. The first kappa shape index (κ1) is 28.4. The van der Waals surface area contributed by atoms with Crippen LogP contribution in [0.3, 0.4) is 0 Å². The summed E-state index contributed by atoms with van der Waals surface area (Å²) in [5.41, 5.74) is 16.8. The van der Waals surface area contributed by atoms with Crippen LogP contribution >= 0.6 is 0 Å². The van der Waals surface area contributed by atoms with Crippen molar-refractivity contribution >= 4 is 29.7 Å². The molecule has 1 rings (SSSR count). The third-order valence-electron chi connectivity index (χ3n) is 4.81. The third-order valence-corrected chi connectivity index (χ3v) is 4.81. The Morgan fingerprint density at radius 3 is 2.21 bits per heavy atom. The Kier molecular flexibility index (Phi) is 13.4. The number of aliphatic imine (C=N–C) groups is 1. The summed E-state index contributed by atoms with van der Waals surface area (Å²) in [5, 5.41) is 17.0. The van der Waals surface area contributed by atoms with E-state index in [0.717, 1.165) is 5.56 Å². The lowest BCUT2D eigenvalue weighted by Gasteiger charge is -2.21. The molecule has 1 aromatic carbocycles. The molecule has 34 heavy (non-hydrogen) atoms. The first-order valence-electron chi connectivity index (χ1n) is 11.1. The van der Waals surface area contributed by atoms with Gasteiger partial charge < -0.3 is 38.3 Å². The molecule has 0 aromatic heterocycles. The minimum absolute atomic E-state index is 0.102. The van der Waals surface area contributed by atoms with Gasteiger partial charge in [-0.2, -0.15) is 0 Å². The fraction of sp³-hybridized carbons (Fsp3) is 0.500. The molecule has 1 aromatic rings. The molecule has 0 saturated carbocycles. The normalized spacial score (nSPS) is 12.1. The minimum Gasteiger partial charge on any atom is -0.480 e. The number of carboxylic acid groups (broad SMARTS) is 1. The van der Waals surface area contributed by atoms with Crippen molar-refractivity contribution in [3.63, 3.8) is 0 Å². The molecule has 12 nitrogen and oxygen atoms in total. The van der Waals surface area contributed by atoms with E-state index in [2.05, 4.69) is 20.9 Å². The second-order valence-electron chi connectivity index (χ2n) is 7.69. The van der Waals surface area contributed by atoms with Gasteiger partial charge >= 0.3 is 5.97 Å². The van der Waals surface area contributed by atoms with Gasteiger partial charge in [-0.1, -0.05) is 30.3 Å². The Morgan fingerprint density at radius 1 is 0.912 bits per heavy atom. The third kappa shape index (κ3) is 12.4. The van der Waals surface area contributed by atoms with Crippen LogP contribution in [0.4, 0.5) is 0 Å². The minimum atomic E-state index is -1.21. The lowest BCUT2D eigenvalue weighted by molar-refractivity contribution is -0.142. The van der Waals surface area contributed by atoms with Gasteiger partial charge in [-0.3, -0.25) is 19.4 Å². The van der Waals surface area contributed by atoms with Crippen LogP contribution in [-0.4, -0.2) is 66.5 Å². The lowest BCUT2D eigenvalue weighted by Crippen LogP contribution is -2.53. The largest absolute Gasteiger partial charge is 0.480 e. The molecular formula is C22H35N7O5. The molecule has 2 atom stereocenters. The zero-order chi connectivity index (χ0) is 25.3. The summed E-state index contributed by atoms with van der Waals surface area (Å²) in [7, 11) is 0. The zero-order valence-corrected chi connectivity index (χ0v) is 19.2. The van der Waals surface area contributed by atoms with Crippen molar-refractivity contribution in [2.24, 2.45) is 22.2 Å². The Bertz CT molecular complexity index is 828. The van der Waals surface area contributed by atoms with Gasteiger partial charge in [0.05, 0.1) is 13.0 Å². The van der Waals surface area contributed by atoms with Gasteiger partial charge in [0, 0.05) is 6.54 Å². The summed E-state index contributed by atoms with van der Waals surface area (Å²) < 4.78 is 0. The number of hydrogen-bond donors (Lipinski definition) is 7. The van der Waals surface area contributed by atoms with E-state index in [0.29, 0.717) is 25.8 Å². The van der Waals surface area contributed by atoms with Crippen LogP contribution < -0.4 is 33.2 Å². The highest BCUT2D eigenvalue weighted by atomic mass is 16.4. The molecule has 0 heterocycles. The molecule has 0 saturated heterocycles. The quantitative estimate of drug-likeness (QED) is 0.0850. The monoisotopic (exact) mass is 477 g/mol. The van der Waals surface area contributed by atoms with E-state index in [1.165, 1.54) is 0 Å². The first-order valence-corrected chi connectivity index (χ1v) is 11.1. The number of rotatable bonds is 16. The number of guanidine groups is 1. The SMILES string of the molecule is NCCCC[C@H](NC(=O)CNC(=O)Cc1ccccc1)C(=O)N[C@@H](CCCN=C(N)N)C(=O)O. The number of hydrogen-bond acceptors (Lipinski definition) is 6. The van der Waals surface area contributed by atoms with E-state index < -0.39 is 29.9 Å². The van der Waals surface area contributed by atoms with Crippen molar-refractivity contribution in [3.8, 4) is 0 Å². The van der Waals surface area contributed by atoms with E-state index in [1.807, 2.05) is 18.2 Å². The number of carbonyl (C=O) groups excluding carboxylic acids is 3. The van der Waals surface area contributed by atoms with E-state index >= 15 is 0 Å². The van der Waals surface area contributed by atoms with Crippen LogP contribution in [0.25, 0.3) is 0 Å². The highest BCUT2D eigenvalue weighted by Gasteiger charge is 2.26. The van der Waals surface area contributed by atoms with Gasteiger partial charge in [-0.15, -0.1) is 0 Å². The van der Waals surface area contributed by atoms with E-state index in [-0.39, 0.29) is 44.2 Å². The Balaban J connectivity index is 2.63. The van der Waals surface area contributed by atoms with Gasteiger partial charge in [0.15, 0.2) is 5.96 Å². The molecular weight excluding hydrogens is 442 g/mol. The number of nitrogens with two attached hydrogens (primary N) is 3. The molecule has 0 unspecified atom stereocenters. The molecule has 3 amide bonds. The van der Waals surface area contributed by atoms with Crippen LogP contribution in [-0.2, 0) is 25.6 Å². The van der Waals surface area contributed by atoms with E-state index in [1.54, 1.807) is 12.1 Å². The number of carbonyl (C=O) groups is 4. The van der Waals surface area contributed by atoms with Crippen LogP contribution in [0.15, 0.2) is 35.3 Å². The van der Waals surface area contributed by atoms with Gasteiger partial charge in [0.2, 0.25) is 17.7 Å². The average Bonchev–Trinajstić information content (AvgIpc) is 2.79. The molecule has 0 spiro atoms. The van der Waals surface area contributed by atoms with E-state index in [9.17, 15) is 24.3 Å². The molecule has 0 aliphatic carbocycles.